The topological polar surface area (TPSA) is 64.6 Å². The normalized spacial score (nSPS) is 10.2. The molecule has 0 aromatic heterocycles. The lowest BCUT2D eigenvalue weighted by Crippen LogP contribution is -2.16. The molecular formula is C13H15Cl2NO4. The lowest BCUT2D eigenvalue weighted by Gasteiger charge is -2.09. The summed E-state index contributed by atoms with van der Waals surface area (Å²) in [5, 5.41) is 3.25. The predicted molar refractivity (Wildman–Crippen MR) is 77.2 cm³/mol. The maximum absolute atomic E-state index is 11.7. The summed E-state index contributed by atoms with van der Waals surface area (Å²) >= 11 is 11.8. The van der Waals surface area contributed by atoms with Crippen LogP contribution in [0.3, 0.4) is 0 Å². The van der Waals surface area contributed by atoms with Gasteiger partial charge in [0, 0.05) is 13.5 Å². The monoisotopic (exact) mass is 319 g/mol. The van der Waals surface area contributed by atoms with Crippen molar-refractivity contribution in [3.8, 4) is 0 Å². The number of methoxy groups -OCH3 is 1. The van der Waals surface area contributed by atoms with Crippen LogP contribution in [0.5, 0.6) is 0 Å². The molecule has 0 unspecified atom stereocenters. The minimum Gasteiger partial charge on any atom is -0.463 e. The number of nitrogens with one attached hydrogen (secondary N) is 1. The van der Waals surface area contributed by atoms with Crippen LogP contribution >= 0.6 is 23.2 Å². The molecule has 1 aromatic carbocycles. The van der Waals surface area contributed by atoms with Crippen LogP contribution in [0.2, 0.25) is 10.0 Å². The average molecular weight is 320 g/mol. The largest absolute Gasteiger partial charge is 0.463 e. The van der Waals surface area contributed by atoms with Crippen LogP contribution in [-0.4, -0.2) is 32.2 Å². The second-order valence-electron chi connectivity index (χ2n) is 3.86. The maximum atomic E-state index is 11.7. The predicted octanol–water partition coefficient (Wildman–Crippen LogP) is 2.90. The molecule has 0 fully saturated rings. The van der Waals surface area contributed by atoms with Crippen LogP contribution in [0, 0.1) is 0 Å². The molecule has 0 aliphatic rings. The summed E-state index contributed by atoms with van der Waals surface area (Å²) < 4.78 is 9.57. The SMILES string of the molecule is COCCOC(=O)CCC(=O)Nc1c(Cl)cccc1Cl. The number of benzene rings is 1. The molecule has 0 spiro atoms. The summed E-state index contributed by atoms with van der Waals surface area (Å²) in [6, 6.07) is 4.90. The van der Waals surface area contributed by atoms with Gasteiger partial charge in [-0.3, -0.25) is 9.59 Å². The number of carbonyl (C=O) groups is 2. The van der Waals surface area contributed by atoms with Gasteiger partial charge in [0.2, 0.25) is 5.91 Å². The molecule has 1 rings (SSSR count). The van der Waals surface area contributed by atoms with Crippen LogP contribution in [0.1, 0.15) is 12.8 Å². The van der Waals surface area contributed by atoms with Crippen molar-refractivity contribution in [3.63, 3.8) is 0 Å². The van der Waals surface area contributed by atoms with E-state index in [1.807, 2.05) is 0 Å². The van der Waals surface area contributed by atoms with E-state index in [1.54, 1.807) is 18.2 Å². The number of amides is 1. The van der Waals surface area contributed by atoms with Gasteiger partial charge in [0.05, 0.1) is 28.8 Å². The van der Waals surface area contributed by atoms with E-state index in [1.165, 1.54) is 7.11 Å². The quantitative estimate of drug-likeness (QED) is 0.620. The first-order valence-corrected chi connectivity index (χ1v) is 6.68. The number of hydrogen-bond donors (Lipinski definition) is 1. The average Bonchev–Trinajstić information content (AvgIpc) is 2.41. The second kappa shape index (κ2) is 8.79. The smallest absolute Gasteiger partial charge is 0.306 e. The Balaban J connectivity index is 2.39. The van der Waals surface area contributed by atoms with Gasteiger partial charge in [0.1, 0.15) is 6.61 Å². The third-order valence-corrected chi connectivity index (χ3v) is 2.96. The van der Waals surface area contributed by atoms with Crippen molar-refractivity contribution < 1.29 is 19.1 Å². The highest BCUT2D eigenvalue weighted by Gasteiger charge is 2.11. The van der Waals surface area contributed by atoms with E-state index in [0.29, 0.717) is 22.3 Å². The molecule has 0 aliphatic heterocycles. The van der Waals surface area contributed by atoms with Gasteiger partial charge in [-0.05, 0) is 12.1 Å². The zero-order chi connectivity index (χ0) is 15.0. The summed E-state index contributed by atoms with van der Waals surface area (Å²) in [5.74, 6) is -0.814. The second-order valence-corrected chi connectivity index (χ2v) is 4.67. The van der Waals surface area contributed by atoms with Gasteiger partial charge in [-0.25, -0.2) is 0 Å². The van der Waals surface area contributed by atoms with Crippen LogP contribution in [0.4, 0.5) is 5.69 Å². The molecule has 7 heteroatoms. The lowest BCUT2D eigenvalue weighted by atomic mass is 10.2. The number of ether oxygens (including phenoxy) is 2. The molecular weight excluding hydrogens is 305 g/mol. The van der Waals surface area contributed by atoms with Gasteiger partial charge in [0.25, 0.3) is 0 Å². The number of esters is 1. The Bertz CT molecular complexity index is 459. The number of hydrogen-bond acceptors (Lipinski definition) is 4. The van der Waals surface area contributed by atoms with Crippen molar-refractivity contribution in [3.05, 3.63) is 28.2 Å². The number of halogens is 2. The molecule has 110 valence electrons. The van der Waals surface area contributed by atoms with Crippen LogP contribution < -0.4 is 5.32 Å². The van der Waals surface area contributed by atoms with E-state index in [2.05, 4.69) is 5.32 Å². The summed E-state index contributed by atoms with van der Waals surface area (Å²) in [4.78, 5) is 23.0. The minimum absolute atomic E-state index is 0.00658. The van der Waals surface area contributed by atoms with Crippen LogP contribution in [0.15, 0.2) is 18.2 Å². The molecule has 1 amide bonds. The summed E-state index contributed by atoms with van der Waals surface area (Å²) in [5.41, 5.74) is 0.341. The zero-order valence-electron chi connectivity index (χ0n) is 10.9. The molecule has 20 heavy (non-hydrogen) atoms. The van der Waals surface area contributed by atoms with Crippen LogP contribution in [-0.2, 0) is 19.1 Å². The third-order valence-electron chi connectivity index (χ3n) is 2.33. The van der Waals surface area contributed by atoms with Gasteiger partial charge in [0.15, 0.2) is 0 Å². The van der Waals surface area contributed by atoms with Crippen molar-refractivity contribution in [2.24, 2.45) is 0 Å². The first-order valence-electron chi connectivity index (χ1n) is 5.93. The molecule has 0 radical (unpaired) electrons. The minimum atomic E-state index is -0.456. The highest BCUT2D eigenvalue weighted by molar-refractivity contribution is 6.39. The van der Waals surface area contributed by atoms with Gasteiger partial charge >= 0.3 is 5.97 Å². The van der Waals surface area contributed by atoms with E-state index in [-0.39, 0.29) is 25.4 Å². The highest BCUT2D eigenvalue weighted by Crippen LogP contribution is 2.29. The fourth-order valence-corrected chi connectivity index (χ4v) is 1.84. The van der Waals surface area contributed by atoms with Crippen molar-refractivity contribution in [2.75, 3.05) is 25.6 Å². The molecule has 5 nitrogen and oxygen atoms in total. The fourth-order valence-electron chi connectivity index (χ4n) is 1.35. The Labute approximate surface area is 127 Å². The van der Waals surface area contributed by atoms with Gasteiger partial charge in [-0.2, -0.15) is 0 Å². The summed E-state index contributed by atoms with van der Waals surface area (Å²) in [6.45, 7) is 0.500. The summed E-state index contributed by atoms with van der Waals surface area (Å²) in [7, 11) is 1.51. The Morgan fingerprint density at radius 1 is 1.15 bits per heavy atom. The van der Waals surface area contributed by atoms with Crippen molar-refractivity contribution in [2.45, 2.75) is 12.8 Å². The summed E-state index contributed by atoms with van der Waals surface area (Å²) in [6.07, 6.45) is -0.0228. The molecule has 0 bridgehead atoms. The lowest BCUT2D eigenvalue weighted by molar-refractivity contribution is -0.145. The van der Waals surface area contributed by atoms with Gasteiger partial charge in [-0.1, -0.05) is 29.3 Å². The van der Waals surface area contributed by atoms with Crippen molar-refractivity contribution in [1.29, 1.82) is 0 Å². The van der Waals surface area contributed by atoms with Gasteiger partial charge in [-0.15, -0.1) is 0 Å². The van der Waals surface area contributed by atoms with E-state index in [0.717, 1.165) is 0 Å². The first kappa shape index (κ1) is 16.8. The highest BCUT2D eigenvalue weighted by atomic mass is 35.5. The molecule has 0 saturated heterocycles. The van der Waals surface area contributed by atoms with E-state index in [4.69, 9.17) is 32.7 Å². The molecule has 0 aliphatic carbocycles. The number of rotatable bonds is 7. The molecule has 0 atom stereocenters. The van der Waals surface area contributed by atoms with Crippen LogP contribution in [0.25, 0.3) is 0 Å². The third kappa shape index (κ3) is 5.77. The Kier molecular flexibility index (Phi) is 7.36. The molecule has 0 saturated carbocycles. The Morgan fingerprint density at radius 3 is 2.40 bits per heavy atom. The van der Waals surface area contributed by atoms with Crippen molar-refractivity contribution in [1.82, 2.24) is 0 Å². The van der Waals surface area contributed by atoms with E-state index >= 15 is 0 Å². The molecule has 1 aromatic rings. The van der Waals surface area contributed by atoms with E-state index < -0.39 is 5.97 Å². The number of para-hydroxylation sites is 1. The molecule has 0 heterocycles. The number of carbonyl (C=O) groups excluding carboxylic acids is 2. The fraction of sp³-hybridized carbons (Fsp3) is 0.385. The maximum Gasteiger partial charge on any atom is 0.306 e. The Hall–Kier alpha value is -1.30. The zero-order valence-corrected chi connectivity index (χ0v) is 12.5. The first-order chi connectivity index (χ1) is 9.54. The van der Waals surface area contributed by atoms with E-state index in [9.17, 15) is 9.59 Å². The van der Waals surface area contributed by atoms with Gasteiger partial charge < -0.3 is 14.8 Å². The molecule has 1 N–H and O–H groups in total. The standard InChI is InChI=1S/C13H15Cl2NO4/c1-19-7-8-20-12(18)6-5-11(17)16-13-9(14)3-2-4-10(13)15/h2-4H,5-8H2,1H3,(H,16,17). The van der Waals surface area contributed by atoms with Crippen molar-refractivity contribution >= 4 is 40.8 Å². The Morgan fingerprint density at radius 2 is 1.80 bits per heavy atom. The number of anilines is 1.